The summed E-state index contributed by atoms with van der Waals surface area (Å²) in [6, 6.07) is 9.46. The van der Waals surface area contributed by atoms with Gasteiger partial charge >= 0.3 is 0 Å². The Morgan fingerprint density at radius 1 is 1.47 bits per heavy atom. The number of ether oxygens (including phenoxy) is 1. The van der Waals surface area contributed by atoms with Crippen LogP contribution in [0.4, 0.5) is 0 Å². The van der Waals surface area contributed by atoms with Crippen LogP contribution in [0.25, 0.3) is 0 Å². The van der Waals surface area contributed by atoms with E-state index in [2.05, 4.69) is 6.07 Å². The van der Waals surface area contributed by atoms with Crippen molar-refractivity contribution in [3.8, 4) is 6.07 Å². The third-order valence-electron chi connectivity index (χ3n) is 2.03. The lowest BCUT2D eigenvalue weighted by molar-refractivity contribution is 0.0152. The van der Waals surface area contributed by atoms with Crippen LogP contribution in [0.15, 0.2) is 29.2 Å². The van der Waals surface area contributed by atoms with E-state index in [4.69, 9.17) is 10.00 Å². The average Bonchev–Trinajstić information content (AvgIpc) is 2.34. The zero-order valence-electron chi connectivity index (χ0n) is 10.1. The maximum Gasteiger partial charge on any atom is 0.0992 e. The number of aliphatic hydroxyl groups is 1. The summed E-state index contributed by atoms with van der Waals surface area (Å²) in [5.41, 5.74) is 0.642. The lowest BCUT2D eigenvalue weighted by Crippen LogP contribution is -2.20. The van der Waals surface area contributed by atoms with Gasteiger partial charge < -0.3 is 9.84 Å². The summed E-state index contributed by atoms with van der Waals surface area (Å²) in [5, 5.41) is 18.4. The van der Waals surface area contributed by atoms with Gasteiger partial charge in [0.25, 0.3) is 0 Å². The van der Waals surface area contributed by atoms with Crippen LogP contribution in [0.5, 0.6) is 0 Å². The summed E-state index contributed by atoms with van der Waals surface area (Å²) >= 11 is 1.53. The molecule has 3 nitrogen and oxygen atoms in total. The highest BCUT2D eigenvalue weighted by Crippen LogP contribution is 2.19. The minimum atomic E-state index is -0.479. The molecule has 92 valence electrons. The molecule has 0 saturated heterocycles. The predicted octanol–water partition coefficient (Wildman–Crippen LogP) is 2.44. The molecule has 1 atom stereocenters. The van der Waals surface area contributed by atoms with Gasteiger partial charge in [-0.25, -0.2) is 0 Å². The molecule has 0 bridgehead atoms. The second kappa shape index (κ2) is 7.33. The molecule has 0 amide bonds. The molecule has 1 N–H and O–H groups in total. The van der Waals surface area contributed by atoms with Crippen LogP contribution >= 0.6 is 11.8 Å². The molecular weight excluding hydrogens is 234 g/mol. The van der Waals surface area contributed by atoms with Gasteiger partial charge in [0, 0.05) is 10.6 Å². The van der Waals surface area contributed by atoms with E-state index in [-0.39, 0.29) is 6.10 Å². The second-order valence-corrected chi connectivity index (χ2v) is 5.08. The first-order chi connectivity index (χ1) is 8.11. The zero-order chi connectivity index (χ0) is 12.7. The van der Waals surface area contributed by atoms with Crippen LogP contribution < -0.4 is 0 Å². The van der Waals surface area contributed by atoms with Crippen LogP contribution in [0.3, 0.4) is 0 Å². The Morgan fingerprint density at radius 2 is 2.24 bits per heavy atom. The molecule has 0 unspecified atom stereocenters. The molecule has 0 aromatic heterocycles. The van der Waals surface area contributed by atoms with Gasteiger partial charge in [0.05, 0.1) is 30.4 Å². The average molecular weight is 251 g/mol. The monoisotopic (exact) mass is 251 g/mol. The van der Waals surface area contributed by atoms with Crippen molar-refractivity contribution in [2.75, 3.05) is 12.4 Å². The van der Waals surface area contributed by atoms with Gasteiger partial charge in [-0.1, -0.05) is 6.07 Å². The Morgan fingerprint density at radius 3 is 2.88 bits per heavy atom. The molecule has 0 saturated carbocycles. The minimum absolute atomic E-state index is 0.136. The molecule has 0 aliphatic rings. The molecule has 0 aliphatic carbocycles. The Hall–Kier alpha value is -1.02. The zero-order valence-corrected chi connectivity index (χ0v) is 10.9. The van der Waals surface area contributed by atoms with Crippen molar-refractivity contribution >= 4 is 11.8 Å². The van der Waals surface area contributed by atoms with Crippen LogP contribution in [0, 0.1) is 11.3 Å². The van der Waals surface area contributed by atoms with Gasteiger partial charge in [-0.05, 0) is 32.0 Å². The molecule has 0 fully saturated rings. The lowest BCUT2D eigenvalue weighted by atomic mass is 10.2. The van der Waals surface area contributed by atoms with Crippen LogP contribution in [-0.2, 0) is 4.74 Å². The van der Waals surface area contributed by atoms with E-state index in [0.717, 1.165) is 4.90 Å². The topological polar surface area (TPSA) is 53.2 Å². The van der Waals surface area contributed by atoms with E-state index in [0.29, 0.717) is 17.9 Å². The van der Waals surface area contributed by atoms with E-state index in [1.807, 2.05) is 32.0 Å². The Balaban J connectivity index is 2.37. The standard InChI is InChI=1S/C13H17NO2S/c1-10(2)16-8-12(15)9-17-13-5-3-4-11(6-13)7-14/h3-6,10,12,15H,8-9H2,1-2H3/t12-/m1/s1. The number of hydrogen-bond donors (Lipinski definition) is 1. The van der Waals surface area contributed by atoms with Gasteiger partial charge in [-0.2, -0.15) is 5.26 Å². The van der Waals surface area contributed by atoms with E-state index in [9.17, 15) is 5.11 Å². The number of rotatable bonds is 6. The Labute approximate surface area is 106 Å². The molecule has 1 rings (SSSR count). The van der Waals surface area contributed by atoms with Crippen molar-refractivity contribution < 1.29 is 9.84 Å². The number of aliphatic hydroxyl groups excluding tert-OH is 1. The molecule has 17 heavy (non-hydrogen) atoms. The first-order valence-electron chi connectivity index (χ1n) is 5.54. The van der Waals surface area contributed by atoms with E-state index in [1.165, 1.54) is 11.8 Å². The van der Waals surface area contributed by atoms with Crippen LogP contribution in [-0.4, -0.2) is 29.7 Å². The third-order valence-corrected chi connectivity index (χ3v) is 3.17. The first kappa shape index (κ1) is 14.0. The summed E-state index contributed by atoms with van der Waals surface area (Å²) in [6.45, 7) is 4.23. The summed E-state index contributed by atoms with van der Waals surface area (Å²) < 4.78 is 5.32. The SMILES string of the molecule is CC(C)OC[C@@H](O)CSc1cccc(C#N)c1. The van der Waals surface area contributed by atoms with Crippen molar-refractivity contribution in [3.05, 3.63) is 29.8 Å². The van der Waals surface area contributed by atoms with Crippen molar-refractivity contribution in [1.29, 1.82) is 5.26 Å². The van der Waals surface area contributed by atoms with Crippen LogP contribution in [0.1, 0.15) is 19.4 Å². The lowest BCUT2D eigenvalue weighted by Gasteiger charge is -2.13. The molecule has 0 radical (unpaired) electrons. The van der Waals surface area contributed by atoms with Crippen molar-refractivity contribution in [2.45, 2.75) is 31.0 Å². The summed E-state index contributed by atoms with van der Waals surface area (Å²) in [6.07, 6.45) is -0.343. The van der Waals surface area contributed by atoms with Gasteiger partial charge in [0.1, 0.15) is 0 Å². The number of hydrogen-bond acceptors (Lipinski definition) is 4. The minimum Gasteiger partial charge on any atom is -0.390 e. The van der Waals surface area contributed by atoms with Gasteiger partial charge in [-0.15, -0.1) is 11.8 Å². The first-order valence-corrected chi connectivity index (χ1v) is 6.53. The molecule has 0 heterocycles. The maximum atomic E-state index is 9.68. The van der Waals surface area contributed by atoms with Gasteiger partial charge in [0.15, 0.2) is 0 Å². The maximum absolute atomic E-state index is 9.68. The van der Waals surface area contributed by atoms with E-state index < -0.39 is 6.10 Å². The van der Waals surface area contributed by atoms with E-state index in [1.54, 1.807) is 6.07 Å². The fourth-order valence-electron chi connectivity index (χ4n) is 1.20. The Bertz CT molecular complexity index is 387. The van der Waals surface area contributed by atoms with Crippen molar-refractivity contribution in [2.24, 2.45) is 0 Å². The van der Waals surface area contributed by atoms with Gasteiger partial charge in [0.2, 0.25) is 0 Å². The number of nitrogens with zero attached hydrogens (tertiary/aromatic N) is 1. The summed E-state index contributed by atoms with van der Waals surface area (Å²) in [5.74, 6) is 0.571. The number of benzene rings is 1. The highest BCUT2D eigenvalue weighted by molar-refractivity contribution is 7.99. The fourth-order valence-corrected chi connectivity index (χ4v) is 2.07. The molecule has 0 aliphatic heterocycles. The second-order valence-electron chi connectivity index (χ2n) is 3.99. The molecule has 0 spiro atoms. The highest BCUT2D eigenvalue weighted by atomic mass is 32.2. The highest BCUT2D eigenvalue weighted by Gasteiger charge is 2.06. The van der Waals surface area contributed by atoms with Gasteiger partial charge in [-0.3, -0.25) is 0 Å². The van der Waals surface area contributed by atoms with Crippen molar-refractivity contribution in [3.63, 3.8) is 0 Å². The summed E-state index contributed by atoms with van der Waals surface area (Å²) in [7, 11) is 0. The molecule has 1 aromatic carbocycles. The van der Waals surface area contributed by atoms with E-state index >= 15 is 0 Å². The molecule has 1 aromatic rings. The Kier molecular flexibility index (Phi) is 6.06. The third kappa shape index (κ3) is 5.73. The summed E-state index contributed by atoms with van der Waals surface area (Å²) in [4.78, 5) is 0.993. The fraction of sp³-hybridized carbons (Fsp3) is 0.462. The molecular formula is C13H17NO2S. The number of thioether (sulfide) groups is 1. The van der Waals surface area contributed by atoms with Crippen molar-refractivity contribution in [1.82, 2.24) is 0 Å². The quantitative estimate of drug-likeness (QED) is 0.789. The smallest absolute Gasteiger partial charge is 0.0992 e. The normalized spacial score (nSPS) is 12.4. The number of nitriles is 1. The largest absolute Gasteiger partial charge is 0.390 e. The predicted molar refractivity (Wildman–Crippen MR) is 69.0 cm³/mol. The van der Waals surface area contributed by atoms with Crippen LogP contribution in [0.2, 0.25) is 0 Å². The molecule has 4 heteroatoms.